The lowest BCUT2D eigenvalue weighted by Gasteiger charge is -2.31. The monoisotopic (exact) mass is 389 g/mol. The minimum Gasteiger partial charge on any atom is -0.478 e. The van der Waals surface area contributed by atoms with Gasteiger partial charge in [-0.1, -0.05) is 42.5 Å². The highest BCUT2D eigenvalue weighted by Gasteiger charge is 2.34. The molecule has 5 heteroatoms. The fourth-order valence-corrected chi connectivity index (χ4v) is 4.02. The number of hydrogen-bond donors (Lipinski definition) is 0. The average Bonchev–Trinajstić information content (AvgIpc) is 3.37. The van der Waals surface area contributed by atoms with Crippen molar-refractivity contribution in [2.45, 2.75) is 25.5 Å². The highest BCUT2D eigenvalue weighted by molar-refractivity contribution is 6.13. The van der Waals surface area contributed by atoms with Gasteiger partial charge < -0.3 is 14.2 Å². The van der Waals surface area contributed by atoms with Crippen LogP contribution in [0.3, 0.4) is 0 Å². The number of allylic oxidation sites excluding steroid dienone is 3. The molecule has 2 aromatic carbocycles. The Morgan fingerprint density at radius 1 is 1.14 bits per heavy atom. The van der Waals surface area contributed by atoms with E-state index in [-0.39, 0.29) is 11.9 Å². The molecule has 3 aliphatic heterocycles. The van der Waals surface area contributed by atoms with Crippen molar-refractivity contribution < 1.29 is 19.0 Å². The van der Waals surface area contributed by atoms with Crippen LogP contribution in [0.2, 0.25) is 0 Å². The summed E-state index contributed by atoms with van der Waals surface area (Å²) in [6, 6.07) is 13.6. The summed E-state index contributed by atoms with van der Waals surface area (Å²) in [5.41, 5.74) is 2.61. The summed E-state index contributed by atoms with van der Waals surface area (Å²) in [6.07, 6.45) is 8.00. The van der Waals surface area contributed by atoms with Gasteiger partial charge in [-0.05, 0) is 36.6 Å². The van der Waals surface area contributed by atoms with E-state index in [9.17, 15) is 4.79 Å². The van der Waals surface area contributed by atoms with E-state index in [0.29, 0.717) is 30.3 Å². The Balaban J connectivity index is 1.35. The molecule has 0 N–H and O–H groups in total. The lowest BCUT2D eigenvalue weighted by atomic mass is 10.0. The molecule has 1 unspecified atom stereocenters. The molecular formula is C24H23NO4. The fraction of sp³-hybridized carbons (Fsp3) is 0.292. The van der Waals surface area contributed by atoms with E-state index in [1.165, 1.54) is 0 Å². The van der Waals surface area contributed by atoms with E-state index in [0.717, 1.165) is 42.9 Å². The Bertz CT molecular complexity index is 974. The Hall–Kier alpha value is -2.89. The van der Waals surface area contributed by atoms with E-state index >= 15 is 0 Å². The predicted octanol–water partition coefficient (Wildman–Crippen LogP) is 4.19. The van der Waals surface area contributed by atoms with Crippen molar-refractivity contribution in [1.82, 2.24) is 4.90 Å². The molecule has 0 spiro atoms. The minimum absolute atomic E-state index is 0.0863. The summed E-state index contributed by atoms with van der Waals surface area (Å²) in [5, 5.41) is 0. The third-order valence-corrected chi connectivity index (χ3v) is 5.50. The fourth-order valence-electron chi connectivity index (χ4n) is 4.02. The van der Waals surface area contributed by atoms with Crippen molar-refractivity contribution in [2.24, 2.45) is 0 Å². The number of benzene rings is 2. The van der Waals surface area contributed by atoms with Crippen LogP contribution in [0.25, 0.3) is 6.08 Å². The standard InChI is InChI=1S/C24H23NO4/c26-23-19-11-12-21-20(15-25(16-28-21)14-18-9-5-13-27-18)24(19)29-22(23)10-4-8-17-6-2-1-3-7-17/h1-4,6-8,10-12,18H,5,9,13-16H2/b8-4+,22-10+. The van der Waals surface area contributed by atoms with E-state index < -0.39 is 0 Å². The topological polar surface area (TPSA) is 48.0 Å². The van der Waals surface area contributed by atoms with Gasteiger partial charge in [0.15, 0.2) is 5.76 Å². The Labute approximate surface area is 170 Å². The lowest BCUT2D eigenvalue weighted by Crippen LogP contribution is -2.37. The molecule has 2 aromatic rings. The first-order valence-electron chi connectivity index (χ1n) is 10.1. The van der Waals surface area contributed by atoms with Crippen LogP contribution >= 0.6 is 0 Å². The zero-order valence-corrected chi connectivity index (χ0v) is 16.2. The number of nitrogens with zero attached hydrogens (tertiary/aromatic N) is 1. The van der Waals surface area contributed by atoms with Crippen LogP contribution in [0, 0.1) is 0 Å². The number of carbonyl (C=O) groups is 1. The minimum atomic E-state index is -0.0863. The molecule has 0 bridgehead atoms. The molecule has 5 nitrogen and oxygen atoms in total. The van der Waals surface area contributed by atoms with Crippen molar-refractivity contribution in [3.63, 3.8) is 0 Å². The van der Waals surface area contributed by atoms with E-state index in [1.807, 2.05) is 48.6 Å². The van der Waals surface area contributed by atoms with E-state index in [2.05, 4.69) is 4.90 Å². The summed E-state index contributed by atoms with van der Waals surface area (Å²) in [7, 11) is 0. The van der Waals surface area contributed by atoms with Crippen molar-refractivity contribution in [2.75, 3.05) is 19.9 Å². The molecule has 0 amide bonds. The molecule has 0 radical (unpaired) electrons. The highest BCUT2D eigenvalue weighted by atomic mass is 16.5. The second-order valence-electron chi connectivity index (χ2n) is 7.57. The normalized spacial score (nSPS) is 22.6. The molecule has 1 saturated heterocycles. The molecule has 29 heavy (non-hydrogen) atoms. The van der Waals surface area contributed by atoms with E-state index in [1.54, 1.807) is 12.1 Å². The summed E-state index contributed by atoms with van der Waals surface area (Å²) in [4.78, 5) is 15.0. The second kappa shape index (κ2) is 7.85. The molecule has 1 fully saturated rings. The Morgan fingerprint density at radius 2 is 2.03 bits per heavy atom. The van der Waals surface area contributed by atoms with Crippen molar-refractivity contribution in [1.29, 1.82) is 0 Å². The second-order valence-corrected chi connectivity index (χ2v) is 7.57. The van der Waals surface area contributed by atoms with Gasteiger partial charge in [-0.25, -0.2) is 0 Å². The van der Waals surface area contributed by atoms with Gasteiger partial charge in [0.2, 0.25) is 5.78 Å². The maximum absolute atomic E-state index is 12.8. The van der Waals surface area contributed by atoms with Crippen LogP contribution in [-0.2, 0) is 11.3 Å². The van der Waals surface area contributed by atoms with Crippen LogP contribution in [0.4, 0.5) is 0 Å². The first-order chi connectivity index (χ1) is 14.3. The van der Waals surface area contributed by atoms with Gasteiger partial charge in [0.25, 0.3) is 0 Å². The van der Waals surface area contributed by atoms with Crippen molar-refractivity contribution >= 4 is 11.9 Å². The number of Topliss-reactive ketones (excluding diaryl/α,β-unsaturated/α-hetero) is 1. The van der Waals surface area contributed by atoms with Crippen molar-refractivity contribution in [3.05, 3.63) is 77.1 Å². The Morgan fingerprint density at radius 3 is 2.86 bits per heavy atom. The molecule has 1 atom stereocenters. The zero-order valence-electron chi connectivity index (χ0n) is 16.2. The molecule has 5 rings (SSSR count). The number of ketones is 1. The van der Waals surface area contributed by atoms with Gasteiger partial charge in [0.05, 0.1) is 17.2 Å². The maximum atomic E-state index is 12.8. The highest BCUT2D eigenvalue weighted by Crippen LogP contribution is 2.41. The number of carbonyl (C=O) groups excluding carboxylic acids is 1. The quantitative estimate of drug-likeness (QED) is 0.734. The smallest absolute Gasteiger partial charge is 0.231 e. The van der Waals surface area contributed by atoms with Crippen LogP contribution in [0.5, 0.6) is 11.5 Å². The summed E-state index contributed by atoms with van der Waals surface area (Å²) in [6.45, 7) is 2.90. The van der Waals surface area contributed by atoms with Gasteiger partial charge in [0.1, 0.15) is 18.2 Å². The molecular weight excluding hydrogens is 366 g/mol. The van der Waals surface area contributed by atoms with Crippen LogP contribution in [0.15, 0.2) is 60.4 Å². The van der Waals surface area contributed by atoms with Crippen LogP contribution in [-0.4, -0.2) is 36.7 Å². The van der Waals surface area contributed by atoms with Gasteiger partial charge in [-0.3, -0.25) is 9.69 Å². The third-order valence-electron chi connectivity index (χ3n) is 5.50. The average molecular weight is 389 g/mol. The SMILES string of the molecule is O=C1/C(=C\C=C\c2ccccc2)Oc2c1ccc1c2CN(CC2CCCO2)CO1. The zero-order chi connectivity index (χ0) is 19.6. The first kappa shape index (κ1) is 18.2. The first-order valence-corrected chi connectivity index (χ1v) is 10.1. The third kappa shape index (κ3) is 3.71. The van der Waals surface area contributed by atoms with Crippen LogP contribution in [0.1, 0.15) is 34.3 Å². The Kier molecular flexibility index (Phi) is 4.92. The summed E-state index contributed by atoms with van der Waals surface area (Å²) < 4.78 is 17.7. The van der Waals surface area contributed by atoms with Gasteiger partial charge in [-0.2, -0.15) is 0 Å². The largest absolute Gasteiger partial charge is 0.478 e. The van der Waals surface area contributed by atoms with Crippen molar-refractivity contribution in [3.8, 4) is 11.5 Å². The number of ether oxygens (including phenoxy) is 3. The van der Waals surface area contributed by atoms with Gasteiger partial charge in [0, 0.05) is 19.7 Å². The van der Waals surface area contributed by atoms with E-state index in [4.69, 9.17) is 14.2 Å². The van der Waals surface area contributed by atoms with Crippen LogP contribution < -0.4 is 9.47 Å². The molecule has 0 aliphatic carbocycles. The number of fused-ring (bicyclic) bond motifs is 3. The maximum Gasteiger partial charge on any atom is 0.231 e. The van der Waals surface area contributed by atoms with Gasteiger partial charge >= 0.3 is 0 Å². The molecule has 148 valence electrons. The molecule has 0 saturated carbocycles. The molecule has 3 heterocycles. The summed E-state index contributed by atoms with van der Waals surface area (Å²) in [5.74, 6) is 1.68. The van der Waals surface area contributed by atoms with Gasteiger partial charge in [-0.15, -0.1) is 0 Å². The molecule has 3 aliphatic rings. The molecule has 0 aromatic heterocycles. The number of hydrogen-bond acceptors (Lipinski definition) is 5. The summed E-state index contributed by atoms with van der Waals surface area (Å²) >= 11 is 0. The lowest BCUT2D eigenvalue weighted by molar-refractivity contribution is 0.0274. The number of rotatable bonds is 4. The predicted molar refractivity (Wildman–Crippen MR) is 110 cm³/mol.